The fraction of sp³-hybridized carbons (Fsp3) is 0.188. The molecule has 19 heavy (non-hydrogen) atoms. The Morgan fingerprint density at radius 3 is 2.68 bits per heavy atom. The second-order valence-corrected chi connectivity index (χ2v) is 4.40. The van der Waals surface area contributed by atoms with Gasteiger partial charge in [0.05, 0.1) is 7.11 Å². The normalized spacial score (nSPS) is 10.0. The summed E-state index contributed by atoms with van der Waals surface area (Å²) in [6.45, 7) is 2.56. The van der Waals surface area contributed by atoms with Crippen LogP contribution < -0.4 is 10.1 Å². The van der Waals surface area contributed by atoms with Crippen LogP contribution in [0.4, 0.5) is 0 Å². The number of hydrogen-bond donors (Lipinski definition) is 1. The van der Waals surface area contributed by atoms with Gasteiger partial charge in [-0.25, -0.2) is 0 Å². The van der Waals surface area contributed by atoms with Gasteiger partial charge in [-0.1, -0.05) is 35.9 Å². The van der Waals surface area contributed by atoms with Crippen molar-refractivity contribution < 1.29 is 9.53 Å². The molecular weight excluding hydrogens is 238 g/mol. The van der Waals surface area contributed by atoms with Gasteiger partial charge in [-0.2, -0.15) is 0 Å². The van der Waals surface area contributed by atoms with E-state index in [2.05, 4.69) is 11.4 Å². The van der Waals surface area contributed by atoms with Crippen LogP contribution in [0.1, 0.15) is 21.5 Å². The Kier molecular flexibility index (Phi) is 4.18. The second-order valence-electron chi connectivity index (χ2n) is 4.40. The maximum atomic E-state index is 12.0. The molecule has 3 nitrogen and oxygen atoms in total. The van der Waals surface area contributed by atoms with Gasteiger partial charge < -0.3 is 10.1 Å². The van der Waals surface area contributed by atoms with Gasteiger partial charge in [0.15, 0.2) is 0 Å². The summed E-state index contributed by atoms with van der Waals surface area (Å²) < 4.78 is 5.10. The minimum atomic E-state index is -0.0968. The van der Waals surface area contributed by atoms with E-state index in [-0.39, 0.29) is 5.91 Å². The molecule has 2 rings (SSSR count). The first kappa shape index (κ1) is 13.1. The van der Waals surface area contributed by atoms with Crippen molar-refractivity contribution in [2.24, 2.45) is 0 Å². The number of aryl methyl sites for hydroxylation is 1. The van der Waals surface area contributed by atoms with E-state index in [0.717, 1.165) is 5.56 Å². The summed E-state index contributed by atoms with van der Waals surface area (Å²) in [7, 11) is 1.59. The third kappa shape index (κ3) is 3.58. The molecule has 2 aromatic rings. The van der Waals surface area contributed by atoms with E-state index >= 15 is 0 Å². The average molecular weight is 255 g/mol. The molecule has 0 atom stereocenters. The number of ether oxygens (including phenoxy) is 1. The quantitative estimate of drug-likeness (QED) is 0.912. The molecular formula is C16H17NO2. The van der Waals surface area contributed by atoms with Crippen LogP contribution in [0.25, 0.3) is 0 Å². The van der Waals surface area contributed by atoms with Crippen LogP contribution in [-0.2, 0) is 6.54 Å². The minimum absolute atomic E-state index is 0.0968. The molecule has 1 N–H and O–H groups in total. The van der Waals surface area contributed by atoms with Crippen LogP contribution in [0.5, 0.6) is 5.75 Å². The van der Waals surface area contributed by atoms with Crippen LogP contribution in [0, 0.1) is 6.92 Å². The average Bonchev–Trinajstić information content (AvgIpc) is 2.45. The van der Waals surface area contributed by atoms with Crippen LogP contribution in [-0.4, -0.2) is 13.0 Å². The Morgan fingerprint density at radius 1 is 1.16 bits per heavy atom. The number of hydrogen-bond acceptors (Lipinski definition) is 2. The fourth-order valence-corrected chi connectivity index (χ4v) is 1.87. The number of carbonyl (C=O) groups is 1. The maximum Gasteiger partial charge on any atom is 0.251 e. The molecule has 0 saturated carbocycles. The summed E-state index contributed by atoms with van der Waals surface area (Å²) in [4.78, 5) is 12.0. The number of benzene rings is 2. The smallest absolute Gasteiger partial charge is 0.251 e. The molecule has 0 aromatic heterocycles. The Morgan fingerprint density at radius 2 is 1.95 bits per heavy atom. The summed E-state index contributed by atoms with van der Waals surface area (Å²) in [5, 5.41) is 2.90. The summed E-state index contributed by atoms with van der Waals surface area (Å²) in [5.74, 6) is 0.587. The van der Waals surface area contributed by atoms with Gasteiger partial charge in [0.25, 0.3) is 5.91 Å². The molecule has 2 aromatic carbocycles. The van der Waals surface area contributed by atoms with Crippen LogP contribution in [0.2, 0.25) is 0 Å². The lowest BCUT2D eigenvalue weighted by atomic mass is 10.1. The third-order valence-electron chi connectivity index (χ3n) is 2.87. The summed E-state index contributed by atoms with van der Waals surface area (Å²) in [6, 6.07) is 15.2. The van der Waals surface area contributed by atoms with Gasteiger partial charge in [0.1, 0.15) is 5.75 Å². The number of rotatable bonds is 4. The molecule has 1 amide bonds. The van der Waals surface area contributed by atoms with Crippen molar-refractivity contribution in [1.29, 1.82) is 0 Å². The van der Waals surface area contributed by atoms with Crippen molar-refractivity contribution in [3.05, 3.63) is 65.2 Å². The number of carbonyl (C=O) groups excluding carboxylic acids is 1. The van der Waals surface area contributed by atoms with E-state index < -0.39 is 0 Å². The van der Waals surface area contributed by atoms with Crippen molar-refractivity contribution in [3.8, 4) is 5.75 Å². The van der Waals surface area contributed by atoms with Gasteiger partial charge in [-0.15, -0.1) is 0 Å². The van der Waals surface area contributed by atoms with E-state index in [9.17, 15) is 4.79 Å². The lowest BCUT2D eigenvalue weighted by molar-refractivity contribution is 0.0950. The zero-order valence-electron chi connectivity index (χ0n) is 11.1. The fourth-order valence-electron chi connectivity index (χ4n) is 1.87. The van der Waals surface area contributed by atoms with Crippen molar-refractivity contribution in [1.82, 2.24) is 5.32 Å². The SMILES string of the molecule is COc1cccc(C(=O)NCc2cccc(C)c2)c1. The molecule has 0 radical (unpaired) electrons. The molecule has 3 heteroatoms. The van der Waals surface area contributed by atoms with E-state index in [1.807, 2.05) is 31.2 Å². The first-order valence-corrected chi connectivity index (χ1v) is 6.17. The maximum absolute atomic E-state index is 12.0. The number of methoxy groups -OCH3 is 1. The van der Waals surface area contributed by atoms with Crippen LogP contribution in [0.15, 0.2) is 48.5 Å². The molecule has 0 saturated heterocycles. The molecule has 0 spiro atoms. The van der Waals surface area contributed by atoms with Gasteiger partial charge in [0, 0.05) is 12.1 Å². The van der Waals surface area contributed by atoms with Crippen molar-refractivity contribution in [2.45, 2.75) is 13.5 Å². The predicted octanol–water partition coefficient (Wildman–Crippen LogP) is 2.93. The first-order valence-electron chi connectivity index (χ1n) is 6.17. The van der Waals surface area contributed by atoms with Gasteiger partial charge in [0.2, 0.25) is 0 Å². The van der Waals surface area contributed by atoms with Crippen LogP contribution in [0.3, 0.4) is 0 Å². The van der Waals surface area contributed by atoms with Crippen molar-refractivity contribution in [3.63, 3.8) is 0 Å². The highest BCUT2D eigenvalue weighted by molar-refractivity contribution is 5.94. The van der Waals surface area contributed by atoms with E-state index in [0.29, 0.717) is 17.9 Å². The molecule has 0 aliphatic rings. The topological polar surface area (TPSA) is 38.3 Å². The lowest BCUT2D eigenvalue weighted by Gasteiger charge is -2.07. The van der Waals surface area contributed by atoms with E-state index in [4.69, 9.17) is 4.74 Å². The Balaban J connectivity index is 2.01. The highest BCUT2D eigenvalue weighted by Gasteiger charge is 2.06. The van der Waals surface area contributed by atoms with Gasteiger partial charge >= 0.3 is 0 Å². The summed E-state index contributed by atoms with van der Waals surface area (Å²) in [6.07, 6.45) is 0. The lowest BCUT2D eigenvalue weighted by Crippen LogP contribution is -2.22. The number of amides is 1. The highest BCUT2D eigenvalue weighted by atomic mass is 16.5. The molecule has 98 valence electrons. The van der Waals surface area contributed by atoms with E-state index in [1.54, 1.807) is 25.3 Å². The Labute approximate surface area is 113 Å². The Bertz CT molecular complexity index is 578. The van der Waals surface area contributed by atoms with Gasteiger partial charge in [-0.3, -0.25) is 4.79 Å². The molecule has 0 fully saturated rings. The van der Waals surface area contributed by atoms with Crippen LogP contribution >= 0.6 is 0 Å². The first-order chi connectivity index (χ1) is 9.19. The van der Waals surface area contributed by atoms with Crippen molar-refractivity contribution in [2.75, 3.05) is 7.11 Å². The standard InChI is InChI=1S/C16H17NO2/c1-12-5-3-6-13(9-12)11-17-16(18)14-7-4-8-15(10-14)19-2/h3-10H,11H2,1-2H3,(H,17,18). The predicted molar refractivity (Wildman–Crippen MR) is 75.3 cm³/mol. The molecule has 0 heterocycles. The second kappa shape index (κ2) is 6.05. The largest absolute Gasteiger partial charge is 0.497 e. The summed E-state index contributed by atoms with van der Waals surface area (Å²) in [5.41, 5.74) is 2.89. The van der Waals surface area contributed by atoms with Crippen molar-refractivity contribution >= 4 is 5.91 Å². The summed E-state index contributed by atoms with van der Waals surface area (Å²) >= 11 is 0. The zero-order valence-corrected chi connectivity index (χ0v) is 11.1. The molecule has 0 bridgehead atoms. The zero-order chi connectivity index (χ0) is 13.7. The molecule has 0 unspecified atom stereocenters. The monoisotopic (exact) mass is 255 g/mol. The minimum Gasteiger partial charge on any atom is -0.497 e. The Hall–Kier alpha value is -2.29. The van der Waals surface area contributed by atoms with Gasteiger partial charge in [-0.05, 0) is 30.7 Å². The highest BCUT2D eigenvalue weighted by Crippen LogP contribution is 2.12. The molecule has 0 aliphatic carbocycles. The third-order valence-corrected chi connectivity index (χ3v) is 2.87. The number of nitrogens with one attached hydrogen (secondary N) is 1. The van der Waals surface area contributed by atoms with E-state index in [1.165, 1.54) is 5.56 Å². The molecule has 0 aliphatic heterocycles.